The highest BCUT2D eigenvalue weighted by atomic mass is 19.1. The fourth-order valence-electron chi connectivity index (χ4n) is 1.47. The normalized spacial score (nSPS) is 10.4. The van der Waals surface area contributed by atoms with Crippen LogP contribution in [0.1, 0.15) is 17.0 Å². The molecule has 0 aliphatic rings. The second kappa shape index (κ2) is 5.10. The summed E-state index contributed by atoms with van der Waals surface area (Å²) in [5.41, 5.74) is 0.908. The molecular formula is C13H13FN2O2. The van der Waals surface area contributed by atoms with Crippen LogP contribution >= 0.6 is 0 Å². The van der Waals surface area contributed by atoms with Crippen LogP contribution in [0.3, 0.4) is 0 Å². The van der Waals surface area contributed by atoms with E-state index in [0.717, 1.165) is 0 Å². The lowest BCUT2D eigenvalue weighted by molar-refractivity contribution is 0.273. The van der Waals surface area contributed by atoms with Crippen molar-refractivity contribution < 1.29 is 14.2 Å². The maximum Gasteiger partial charge on any atom is 0.228 e. The van der Waals surface area contributed by atoms with Gasteiger partial charge in [0.2, 0.25) is 5.88 Å². The summed E-state index contributed by atoms with van der Waals surface area (Å²) in [6.45, 7) is 3.09. The summed E-state index contributed by atoms with van der Waals surface area (Å²) in [5.74, 6) is 0.324. The molecule has 0 radical (unpaired) electrons. The van der Waals surface area contributed by atoms with Gasteiger partial charge in [0.25, 0.3) is 0 Å². The number of ether oxygens (including phenoxy) is 1. The average molecular weight is 248 g/mol. The molecule has 2 aromatic rings. The number of hydrogen-bond acceptors (Lipinski definition) is 4. The van der Waals surface area contributed by atoms with Gasteiger partial charge in [-0.25, -0.2) is 9.37 Å². The Morgan fingerprint density at radius 1 is 1.33 bits per heavy atom. The van der Waals surface area contributed by atoms with Crippen LogP contribution in [0.2, 0.25) is 0 Å². The molecule has 0 aliphatic carbocycles. The van der Waals surface area contributed by atoms with E-state index >= 15 is 0 Å². The van der Waals surface area contributed by atoms with Crippen molar-refractivity contribution in [2.75, 3.05) is 0 Å². The Morgan fingerprint density at radius 3 is 2.83 bits per heavy atom. The summed E-state index contributed by atoms with van der Waals surface area (Å²) < 4.78 is 19.2. The minimum absolute atomic E-state index is 0.0859. The van der Waals surface area contributed by atoms with Gasteiger partial charge in [-0.3, -0.25) is 0 Å². The number of aryl methyl sites for hydroxylation is 2. The highest BCUT2D eigenvalue weighted by Crippen LogP contribution is 2.27. The van der Waals surface area contributed by atoms with Crippen molar-refractivity contribution >= 4 is 0 Å². The van der Waals surface area contributed by atoms with Gasteiger partial charge in [0, 0.05) is 6.20 Å². The van der Waals surface area contributed by atoms with Crippen LogP contribution in [0, 0.1) is 19.7 Å². The van der Waals surface area contributed by atoms with E-state index in [4.69, 9.17) is 9.84 Å². The molecule has 0 saturated heterocycles. The Hall–Kier alpha value is -2.01. The van der Waals surface area contributed by atoms with Crippen LogP contribution in [0.15, 0.2) is 24.4 Å². The van der Waals surface area contributed by atoms with Crippen molar-refractivity contribution in [3.8, 4) is 11.6 Å². The van der Waals surface area contributed by atoms with Crippen molar-refractivity contribution in [3.63, 3.8) is 0 Å². The number of nitrogens with zero attached hydrogens (tertiary/aromatic N) is 2. The maximum atomic E-state index is 13.8. The molecule has 18 heavy (non-hydrogen) atoms. The van der Waals surface area contributed by atoms with Gasteiger partial charge in [0.15, 0.2) is 11.6 Å². The van der Waals surface area contributed by atoms with Gasteiger partial charge in [-0.2, -0.15) is 4.98 Å². The topological polar surface area (TPSA) is 55.2 Å². The predicted octanol–water partition coefficient (Wildman–Crippen LogP) is 2.52. The van der Waals surface area contributed by atoms with E-state index in [1.165, 1.54) is 12.3 Å². The summed E-state index contributed by atoms with van der Waals surface area (Å²) in [6, 6.07) is 4.86. The first-order valence-electron chi connectivity index (χ1n) is 5.48. The third-order valence-electron chi connectivity index (χ3n) is 2.48. The second-order valence-electron chi connectivity index (χ2n) is 3.89. The molecule has 0 bridgehead atoms. The number of hydrogen-bond donors (Lipinski definition) is 1. The lowest BCUT2D eigenvalue weighted by Gasteiger charge is -2.10. The molecule has 4 nitrogen and oxygen atoms in total. The number of rotatable bonds is 3. The molecular weight excluding hydrogens is 235 g/mol. The number of aliphatic hydroxyl groups excluding tert-OH is 1. The molecule has 1 heterocycles. The van der Waals surface area contributed by atoms with E-state index in [9.17, 15) is 4.39 Å². The predicted molar refractivity (Wildman–Crippen MR) is 63.9 cm³/mol. The average Bonchev–Trinajstić information content (AvgIpc) is 2.35. The number of benzene rings is 1. The lowest BCUT2D eigenvalue weighted by Crippen LogP contribution is -2.00. The Balaban J connectivity index is 2.39. The molecule has 1 aromatic carbocycles. The van der Waals surface area contributed by atoms with E-state index < -0.39 is 5.82 Å². The molecule has 1 aromatic heterocycles. The fraction of sp³-hybridized carbons (Fsp3) is 0.231. The zero-order chi connectivity index (χ0) is 13.1. The van der Waals surface area contributed by atoms with E-state index in [0.29, 0.717) is 17.0 Å². The quantitative estimate of drug-likeness (QED) is 0.906. The van der Waals surface area contributed by atoms with Crippen molar-refractivity contribution in [1.82, 2.24) is 9.97 Å². The van der Waals surface area contributed by atoms with Crippen molar-refractivity contribution in [3.05, 3.63) is 47.2 Å². The van der Waals surface area contributed by atoms with E-state index in [2.05, 4.69) is 9.97 Å². The van der Waals surface area contributed by atoms with Crippen molar-refractivity contribution in [2.45, 2.75) is 20.5 Å². The molecule has 0 fully saturated rings. The number of halogens is 1. The summed E-state index contributed by atoms with van der Waals surface area (Å²) in [6.07, 6.45) is 1.46. The zero-order valence-electron chi connectivity index (χ0n) is 10.1. The third kappa shape index (κ3) is 2.46. The van der Waals surface area contributed by atoms with Crippen LogP contribution in [0.5, 0.6) is 11.6 Å². The molecule has 0 amide bonds. The highest BCUT2D eigenvalue weighted by Gasteiger charge is 2.11. The molecule has 2 rings (SSSR count). The summed E-state index contributed by atoms with van der Waals surface area (Å²) in [4.78, 5) is 8.00. The second-order valence-corrected chi connectivity index (χ2v) is 3.89. The van der Waals surface area contributed by atoms with Gasteiger partial charge in [-0.15, -0.1) is 0 Å². The van der Waals surface area contributed by atoms with Crippen LogP contribution in [0.4, 0.5) is 4.39 Å². The van der Waals surface area contributed by atoms with Crippen molar-refractivity contribution in [2.24, 2.45) is 0 Å². The molecule has 1 N–H and O–H groups in total. The van der Waals surface area contributed by atoms with Crippen molar-refractivity contribution in [1.29, 1.82) is 0 Å². The first kappa shape index (κ1) is 12.4. The lowest BCUT2D eigenvalue weighted by atomic mass is 10.2. The maximum absolute atomic E-state index is 13.8. The Labute approximate surface area is 104 Å². The fourth-order valence-corrected chi connectivity index (χ4v) is 1.47. The molecule has 0 unspecified atom stereocenters. The first-order chi connectivity index (χ1) is 8.61. The summed E-state index contributed by atoms with van der Waals surface area (Å²) in [5, 5.41) is 9.16. The molecule has 0 aliphatic heterocycles. The van der Waals surface area contributed by atoms with Gasteiger partial charge in [0.05, 0.1) is 12.2 Å². The zero-order valence-corrected chi connectivity index (χ0v) is 10.1. The largest absolute Gasteiger partial charge is 0.435 e. The Bertz CT molecular complexity index is 573. The Morgan fingerprint density at radius 2 is 2.11 bits per heavy atom. The minimum Gasteiger partial charge on any atom is -0.435 e. The number of aromatic nitrogens is 2. The van der Waals surface area contributed by atoms with E-state index in [-0.39, 0.29) is 18.2 Å². The molecule has 0 atom stereocenters. The van der Waals surface area contributed by atoms with Gasteiger partial charge in [0.1, 0.15) is 5.82 Å². The minimum atomic E-state index is -0.433. The number of aliphatic hydroxyl groups is 1. The van der Waals surface area contributed by atoms with Gasteiger partial charge < -0.3 is 9.84 Å². The van der Waals surface area contributed by atoms with Crippen LogP contribution in [-0.4, -0.2) is 15.1 Å². The smallest absolute Gasteiger partial charge is 0.228 e. The standard InChI is InChI=1S/C13H13FN2O2/c1-8-4-3-5-11(12(8)14)18-13-10(7-17)6-15-9(2)16-13/h3-6,17H,7H2,1-2H3. The first-order valence-corrected chi connectivity index (χ1v) is 5.48. The molecule has 0 saturated carbocycles. The van der Waals surface area contributed by atoms with E-state index in [1.54, 1.807) is 26.0 Å². The van der Waals surface area contributed by atoms with Gasteiger partial charge in [-0.1, -0.05) is 12.1 Å². The summed E-state index contributed by atoms with van der Waals surface area (Å²) >= 11 is 0. The third-order valence-corrected chi connectivity index (χ3v) is 2.48. The highest BCUT2D eigenvalue weighted by molar-refractivity contribution is 5.35. The van der Waals surface area contributed by atoms with Gasteiger partial charge in [-0.05, 0) is 25.5 Å². The van der Waals surface area contributed by atoms with E-state index in [1.807, 2.05) is 0 Å². The van der Waals surface area contributed by atoms with Gasteiger partial charge >= 0.3 is 0 Å². The SMILES string of the molecule is Cc1ncc(CO)c(Oc2cccc(C)c2F)n1. The molecule has 5 heteroatoms. The molecule has 0 spiro atoms. The monoisotopic (exact) mass is 248 g/mol. The Kier molecular flexibility index (Phi) is 3.53. The van der Waals surface area contributed by atoms with Crippen LogP contribution in [0.25, 0.3) is 0 Å². The molecule has 94 valence electrons. The van der Waals surface area contributed by atoms with Crippen LogP contribution in [-0.2, 0) is 6.61 Å². The summed E-state index contributed by atoms with van der Waals surface area (Å²) in [7, 11) is 0. The van der Waals surface area contributed by atoms with Crippen LogP contribution < -0.4 is 4.74 Å².